The van der Waals surface area contributed by atoms with E-state index in [4.69, 9.17) is 5.14 Å². The van der Waals surface area contributed by atoms with E-state index in [0.29, 0.717) is 11.3 Å². The zero-order chi connectivity index (χ0) is 15.6. The number of primary sulfonamides is 1. The summed E-state index contributed by atoms with van der Waals surface area (Å²) in [4.78, 5) is -0.0232. The molecule has 21 heavy (non-hydrogen) atoms. The van der Waals surface area contributed by atoms with Crippen molar-refractivity contribution in [3.05, 3.63) is 59.7 Å². The van der Waals surface area contributed by atoms with Gasteiger partial charge in [0, 0.05) is 11.7 Å². The molecule has 0 aliphatic rings. The van der Waals surface area contributed by atoms with E-state index in [9.17, 15) is 17.2 Å². The average Bonchev–Trinajstić information content (AvgIpc) is 2.41. The van der Waals surface area contributed by atoms with Gasteiger partial charge >= 0.3 is 0 Å². The number of halogens is 2. The first kappa shape index (κ1) is 15.4. The van der Waals surface area contributed by atoms with E-state index in [1.54, 1.807) is 19.1 Å². The molecule has 0 spiro atoms. The summed E-state index contributed by atoms with van der Waals surface area (Å²) in [5, 5.41) is 8.07. The van der Waals surface area contributed by atoms with Gasteiger partial charge in [0.1, 0.15) is 0 Å². The Morgan fingerprint density at radius 2 is 1.81 bits per heavy atom. The molecule has 0 radical (unpaired) electrons. The Morgan fingerprint density at radius 3 is 2.43 bits per heavy atom. The van der Waals surface area contributed by atoms with Crippen LogP contribution < -0.4 is 10.5 Å². The Balaban J connectivity index is 2.23. The van der Waals surface area contributed by atoms with E-state index in [1.165, 1.54) is 18.2 Å². The molecule has 112 valence electrons. The molecule has 3 N–H and O–H groups in total. The van der Waals surface area contributed by atoms with Crippen LogP contribution in [0.15, 0.2) is 47.4 Å². The van der Waals surface area contributed by atoms with Gasteiger partial charge < -0.3 is 5.32 Å². The predicted molar refractivity (Wildman–Crippen MR) is 76.2 cm³/mol. The first-order valence-corrected chi connectivity index (χ1v) is 7.66. The van der Waals surface area contributed by atoms with Gasteiger partial charge in [-0.2, -0.15) is 0 Å². The number of sulfonamides is 1. The van der Waals surface area contributed by atoms with Gasteiger partial charge in [-0.3, -0.25) is 0 Å². The summed E-state index contributed by atoms with van der Waals surface area (Å²) in [5.41, 5.74) is 1.05. The van der Waals surface area contributed by atoms with Gasteiger partial charge in [-0.05, 0) is 42.8 Å². The largest absolute Gasteiger partial charge is 0.378 e. The van der Waals surface area contributed by atoms with Gasteiger partial charge in [0.05, 0.1) is 4.90 Å². The zero-order valence-electron chi connectivity index (χ0n) is 11.2. The van der Waals surface area contributed by atoms with Gasteiger partial charge in [-0.15, -0.1) is 0 Å². The number of benzene rings is 2. The molecule has 0 fully saturated rings. The molecule has 0 aliphatic heterocycles. The average molecular weight is 312 g/mol. The normalized spacial score (nSPS) is 13.0. The standard InChI is InChI=1S/C14H14F2N2O2S/c1-9(10-5-6-13(15)14(16)7-10)18-11-3-2-4-12(8-11)21(17,19)20/h2-9,18H,1H3,(H2,17,19,20). The van der Waals surface area contributed by atoms with Crippen LogP contribution in [-0.2, 0) is 10.0 Å². The van der Waals surface area contributed by atoms with Gasteiger partial charge in [0.25, 0.3) is 0 Å². The molecule has 0 bridgehead atoms. The Hall–Kier alpha value is -1.99. The minimum absolute atomic E-state index is 0.0232. The Morgan fingerprint density at radius 1 is 1.10 bits per heavy atom. The van der Waals surface area contributed by atoms with Gasteiger partial charge in [0.2, 0.25) is 10.0 Å². The summed E-state index contributed by atoms with van der Waals surface area (Å²) < 4.78 is 48.7. The SMILES string of the molecule is CC(Nc1cccc(S(N)(=O)=O)c1)c1ccc(F)c(F)c1. The Labute approximate surface area is 121 Å². The second-order valence-corrected chi connectivity index (χ2v) is 6.17. The number of nitrogens with one attached hydrogen (secondary N) is 1. The van der Waals surface area contributed by atoms with Crippen LogP contribution in [0.3, 0.4) is 0 Å². The van der Waals surface area contributed by atoms with Crippen LogP contribution in [0.4, 0.5) is 14.5 Å². The highest BCUT2D eigenvalue weighted by atomic mass is 32.2. The second-order valence-electron chi connectivity index (χ2n) is 4.61. The van der Waals surface area contributed by atoms with Crippen molar-refractivity contribution >= 4 is 15.7 Å². The van der Waals surface area contributed by atoms with Crippen molar-refractivity contribution in [1.29, 1.82) is 0 Å². The molecule has 1 atom stereocenters. The monoisotopic (exact) mass is 312 g/mol. The van der Waals surface area contributed by atoms with Crippen LogP contribution in [0.1, 0.15) is 18.5 Å². The Kier molecular flexibility index (Phi) is 4.24. The predicted octanol–water partition coefficient (Wildman–Crippen LogP) is 2.79. The number of hydrogen-bond acceptors (Lipinski definition) is 3. The van der Waals surface area contributed by atoms with Crippen LogP contribution in [0.2, 0.25) is 0 Å². The van der Waals surface area contributed by atoms with Crippen LogP contribution >= 0.6 is 0 Å². The Bertz CT molecular complexity index is 763. The van der Waals surface area contributed by atoms with Crippen molar-refractivity contribution < 1.29 is 17.2 Å². The summed E-state index contributed by atoms with van der Waals surface area (Å²) >= 11 is 0. The van der Waals surface area contributed by atoms with Crippen molar-refractivity contribution in [2.45, 2.75) is 17.9 Å². The molecule has 4 nitrogen and oxygen atoms in total. The molecule has 2 rings (SSSR count). The zero-order valence-corrected chi connectivity index (χ0v) is 12.0. The highest BCUT2D eigenvalue weighted by molar-refractivity contribution is 7.89. The maximum absolute atomic E-state index is 13.2. The third kappa shape index (κ3) is 3.77. The molecular weight excluding hydrogens is 298 g/mol. The minimum Gasteiger partial charge on any atom is -0.378 e. The van der Waals surface area contributed by atoms with Crippen LogP contribution in [-0.4, -0.2) is 8.42 Å². The number of hydrogen-bond donors (Lipinski definition) is 2. The van der Waals surface area contributed by atoms with Crippen molar-refractivity contribution in [3.63, 3.8) is 0 Å². The van der Waals surface area contributed by atoms with Crippen LogP contribution in [0.5, 0.6) is 0 Å². The molecule has 0 aromatic heterocycles. The summed E-state index contributed by atoms with van der Waals surface area (Å²) in [6.07, 6.45) is 0. The summed E-state index contributed by atoms with van der Waals surface area (Å²) in [5.74, 6) is -1.85. The lowest BCUT2D eigenvalue weighted by atomic mass is 10.1. The smallest absolute Gasteiger partial charge is 0.238 e. The van der Waals surface area contributed by atoms with Crippen LogP contribution in [0, 0.1) is 11.6 Å². The third-order valence-corrected chi connectivity index (χ3v) is 3.90. The number of rotatable bonds is 4. The molecule has 0 aliphatic carbocycles. The van der Waals surface area contributed by atoms with E-state index < -0.39 is 21.7 Å². The van der Waals surface area contributed by atoms with Crippen molar-refractivity contribution in [2.75, 3.05) is 5.32 Å². The second kappa shape index (κ2) is 5.79. The van der Waals surface area contributed by atoms with E-state index in [1.807, 2.05) is 0 Å². The lowest BCUT2D eigenvalue weighted by Gasteiger charge is -2.16. The molecule has 0 amide bonds. The molecule has 7 heteroatoms. The van der Waals surface area contributed by atoms with Gasteiger partial charge in [-0.25, -0.2) is 22.3 Å². The first-order chi connectivity index (χ1) is 9.77. The summed E-state index contributed by atoms with van der Waals surface area (Å²) in [6.45, 7) is 1.75. The van der Waals surface area contributed by atoms with Crippen LogP contribution in [0.25, 0.3) is 0 Å². The number of nitrogens with two attached hydrogens (primary N) is 1. The van der Waals surface area contributed by atoms with E-state index >= 15 is 0 Å². The third-order valence-electron chi connectivity index (χ3n) is 2.99. The van der Waals surface area contributed by atoms with Gasteiger partial charge in [0.15, 0.2) is 11.6 Å². The fourth-order valence-corrected chi connectivity index (χ4v) is 2.44. The fraction of sp³-hybridized carbons (Fsp3) is 0.143. The van der Waals surface area contributed by atoms with E-state index in [2.05, 4.69) is 5.32 Å². The van der Waals surface area contributed by atoms with Crippen molar-refractivity contribution in [2.24, 2.45) is 5.14 Å². The lowest BCUT2D eigenvalue weighted by molar-refractivity contribution is 0.506. The first-order valence-electron chi connectivity index (χ1n) is 6.12. The van der Waals surface area contributed by atoms with Crippen molar-refractivity contribution in [1.82, 2.24) is 0 Å². The number of anilines is 1. The molecule has 0 saturated carbocycles. The summed E-state index contributed by atoms with van der Waals surface area (Å²) in [6, 6.07) is 9.22. The highest BCUT2D eigenvalue weighted by Crippen LogP contribution is 2.22. The maximum atomic E-state index is 13.2. The lowest BCUT2D eigenvalue weighted by Crippen LogP contribution is -2.13. The molecule has 0 heterocycles. The molecule has 0 saturated heterocycles. The quantitative estimate of drug-likeness (QED) is 0.912. The highest BCUT2D eigenvalue weighted by Gasteiger charge is 2.11. The van der Waals surface area contributed by atoms with E-state index in [0.717, 1.165) is 12.1 Å². The molecule has 2 aromatic carbocycles. The molecule has 2 aromatic rings. The van der Waals surface area contributed by atoms with Crippen molar-refractivity contribution in [3.8, 4) is 0 Å². The fourth-order valence-electron chi connectivity index (χ4n) is 1.88. The summed E-state index contributed by atoms with van der Waals surface area (Å²) in [7, 11) is -3.79. The van der Waals surface area contributed by atoms with E-state index in [-0.39, 0.29) is 10.9 Å². The molecule has 1 unspecified atom stereocenters. The maximum Gasteiger partial charge on any atom is 0.238 e. The topological polar surface area (TPSA) is 72.2 Å². The molecular formula is C14H14F2N2O2S. The minimum atomic E-state index is -3.79. The van der Waals surface area contributed by atoms with Gasteiger partial charge in [-0.1, -0.05) is 12.1 Å².